The smallest absolute Gasteiger partial charge is 0.339 e. The molecule has 4 heteroatoms. The molecule has 0 radical (unpaired) electrons. The van der Waals surface area contributed by atoms with Gasteiger partial charge in [0.25, 0.3) is 0 Å². The third-order valence-electron chi connectivity index (χ3n) is 2.72. The van der Waals surface area contributed by atoms with Crippen molar-refractivity contribution >= 4 is 17.6 Å². The number of halogens is 1. The van der Waals surface area contributed by atoms with Crippen LogP contribution in [0.1, 0.15) is 15.9 Å². The van der Waals surface area contributed by atoms with Gasteiger partial charge in [0.05, 0.1) is 0 Å². The number of phenols is 1. The number of carboxylic acid groups (broad SMARTS) is 1. The summed E-state index contributed by atoms with van der Waals surface area (Å²) in [6, 6.07) is 9.96. The van der Waals surface area contributed by atoms with Crippen molar-refractivity contribution in [1.29, 1.82) is 0 Å². The summed E-state index contributed by atoms with van der Waals surface area (Å²) in [5.41, 5.74) is 2.45. The minimum Gasteiger partial charge on any atom is -0.507 e. The number of hydrogen-bond donors (Lipinski definition) is 2. The molecular formula is C14H11ClO3. The Morgan fingerprint density at radius 2 is 1.72 bits per heavy atom. The van der Waals surface area contributed by atoms with Crippen molar-refractivity contribution in [1.82, 2.24) is 0 Å². The van der Waals surface area contributed by atoms with Crippen LogP contribution in [0.15, 0.2) is 36.4 Å². The van der Waals surface area contributed by atoms with E-state index in [0.717, 1.165) is 16.7 Å². The van der Waals surface area contributed by atoms with Gasteiger partial charge in [-0.2, -0.15) is 0 Å². The topological polar surface area (TPSA) is 57.5 Å². The van der Waals surface area contributed by atoms with Gasteiger partial charge in [-0.25, -0.2) is 4.79 Å². The summed E-state index contributed by atoms with van der Waals surface area (Å²) in [4.78, 5) is 10.8. The van der Waals surface area contributed by atoms with Crippen molar-refractivity contribution in [3.63, 3.8) is 0 Å². The maximum atomic E-state index is 10.8. The molecule has 0 fully saturated rings. The van der Waals surface area contributed by atoms with E-state index in [2.05, 4.69) is 0 Å². The Bertz CT molecular complexity index is 620. The van der Waals surface area contributed by atoms with Crippen molar-refractivity contribution in [3.8, 4) is 16.9 Å². The first kappa shape index (κ1) is 12.5. The first-order chi connectivity index (χ1) is 8.49. The third-order valence-corrected chi connectivity index (χ3v) is 3.14. The summed E-state index contributed by atoms with van der Waals surface area (Å²) in [6.07, 6.45) is 0. The van der Waals surface area contributed by atoms with Crippen LogP contribution >= 0.6 is 11.6 Å². The molecule has 92 valence electrons. The van der Waals surface area contributed by atoms with Crippen LogP contribution in [0.4, 0.5) is 0 Å². The second kappa shape index (κ2) is 4.70. The Kier molecular flexibility index (Phi) is 3.26. The molecule has 0 aliphatic carbocycles. The fourth-order valence-corrected chi connectivity index (χ4v) is 1.83. The van der Waals surface area contributed by atoms with E-state index in [1.807, 2.05) is 19.1 Å². The van der Waals surface area contributed by atoms with E-state index in [-0.39, 0.29) is 11.3 Å². The van der Waals surface area contributed by atoms with Crippen LogP contribution in [-0.4, -0.2) is 16.2 Å². The highest BCUT2D eigenvalue weighted by atomic mass is 35.5. The van der Waals surface area contributed by atoms with Gasteiger partial charge in [-0.15, -0.1) is 0 Å². The van der Waals surface area contributed by atoms with Gasteiger partial charge in [-0.05, 0) is 47.9 Å². The predicted octanol–water partition coefficient (Wildman–Crippen LogP) is 3.72. The monoisotopic (exact) mass is 262 g/mol. The van der Waals surface area contributed by atoms with E-state index in [1.54, 1.807) is 12.1 Å². The molecule has 2 aromatic rings. The van der Waals surface area contributed by atoms with Gasteiger partial charge in [-0.3, -0.25) is 0 Å². The van der Waals surface area contributed by atoms with E-state index in [9.17, 15) is 9.90 Å². The van der Waals surface area contributed by atoms with Gasteiger partial charge in [0, 0.05) is 5.02 Å². The van der Waals surface area contributed by atoms with Crippen LogP contribution in [0.3, 0.4) is 0 Å². The Hall–Kier alpha value is -2.00. The molecule has 0 bridgehead atoms. The average molecular weight is 263 g/mol. The largest absolute Gasteiger partial charge is 0.507 e. The lowest BCUT2D eigenvalue weighted by Crippen LogP contribution is -1.96. The SMILES string of the molecule is Cc1cc(-c2ccc(C(=O)O)c(O)c2)ccc1Cl. The fraction of sp³-hybridized carbons (Fsp3) is 0.0714. The zero-order valence-electron chi connectivity index (χ0n) is 9.64. The van der Waals surface area contributed by atoms with Gasteiger partial charge < -0.3 is 10.2 Å². The molecular weight excluding hydrogens is 252 g/mol. The predicted molar refractivity (Wildman–Crippen MR) is 70.2 cm³/mol. The van der Waals surface area contributed by atoms with Gasteiger partial charge in [0.2, 0.25) is 0 Å². The van der Waals surface area contributed by atoms with Crippen molar-refractivity contribution < 1.29 is 15.0 Å². The number of hydrogen-bond acceptors (Lipinski definition) is 2. The molecule has 18 heavy (non-hydrogen) atoms. The quantitative estimate of drug-likeness (QED) is 0.867. The van der Waals surface area contributed by atoms with Crippen molar-refractivity contribution in [3.05, 3.63) is 52.5 Å². The van der Waals surface area contributed by atoms with E-state index < -0.39 is 5.97 Å². The van der Waals surface area contributed by atoms with E-state index >= 15 is 0 Å². The molecule has 0 aromatic heterocycles. The summed E-state index contributed by atoms with van der Waals surface area (Å²) in [5, 5.41) is 19.1. The van der Waals surface area contributed by atoms with Crippen LogP contribution in [0.25, 0.3) is 11.1 Å². The standard InChI is InChI=1S/C14H11ClO3/c1-8-6-9(3-5-12(8)15)10-2-4-11(14(17)18)13(16)7-10/h2-7,16H,1H3,(H,17,18). The molecule has 3 nitrogen and oxygen atoms in total. The Morgan fingerprint density at radius 3 is 2.28 bits per heavy atom. The lowest BCUT2D eigenvalue weighted by atomic mass is 10.0. The normalized spacial score (nSPS) is 10.3. The first-order valence-electron chi connectivity index (χ1n) is 5.32. The molecule has 0 amide bonds. The highest BCUT2D eigenvalue weighted by Crippen LogP contribution is 2.29. The van der Waals surface area contributed by atoms with Crippen molar-refractivity contribution in [2.24, 2.45) is 0 Å². The van der Waals surface area contributed by atoms with E-state index in [4.69, 9.17) is 16.7 Å². The highest BCUT2D eigenvalue weighted by Gasteiger charge is 2.10. The van der Waals surface area contributed by atoms with Gasteiger partial charge >= 0.3 is 5.97 Å². The van der Waals surface area contributed by atoms with E-state index in [0.29, 0.717) is 5.02 Å². The van der Waals surface area contributed by atoms with Crippen LogP contribution in [0.5, 0.6) is 5.75 Å². The lowest BCUT2D eigenvalue weighted by Gasteiger charge is -2.06. The van der Waals surface area contributed by atoms with Gasteiger partial charge in [0.1, 0.15) is 11.3 Å². The molecule has 0 aliphatic rings. The molecule has 0 unspecified atom stereocenters. The van der Waals surface area contributed by atoms with Gasteiger partial charge in [-0.1, -0.05) is 23.7 Å². The molecule has 0 atom stereocenters. The van der Waals surface area contributed by atoms with Crippen LogP contribution in [0.2, 0.25) is 5.02 Å². The van der Waals surface area contributed by atoms with E-state index in [1.165, 1.54) is 12.1 Å². The number of benzene rings is 2. The molecule has 2 aromatic carbocycles. The van der Waals surface area contributed by atoms with Crippen LogP contribution < -0.4 is 0 Å². The Morgan fingerprint density at radius 1 is 1.11 bits per heavy atom. The molecule has 0 saturated heterocycles. The van der Waals surface area contributed by atoms with Crippen LogP contribution in [-0.2, 0) is 0 Å². The summed E-state index contributed by atoms with van der Waals surface area (Å²) in [7, 11) is 0. The van der Waals surface area contributed by atoms with Crippen molar-refractivity contribution in [2.75, 3.05) is 0 Å². The number of aromatic hydroxyl groups is 1. The molecule has 0 aliphatic heterocycles. The maximum Gasteiger partial charge on any atom is 0.339 e. The molecule has 2 rings (SSSR count). The summed E-state index contributed by atoms with van der Waals surface area (Å²) in [6.45, 7) is 1.89. The Labute approximate surface area is 109 Å². The van der Waals surface area contributed by atoms with Crippen LogP contribution in [0, 0.1) is 6.92 Å². The second-order valence-corrected chi connectivity index (χ2v) is 4.41. The highest BCUT2D eigenvalue weighted by molar-refractivity contribution is 6.31. The summed E-state index contributed by atoms with van der Waals surface area (Å²) < 4.78 is 0. The number of aryl methyl sites for hydroxylation is 1. The first-order valence-corrected chi connectivity index (χ1v) is 5.69. The second-order valence-electron chi connectivity index (χ2n) is 4.00. The zero-order valence-corrected chi connectivity index (χ0v) is 10.4. The minimum atomic E-state index is -1.15. The molecule has 0 spiro atoms. The number of rotatable bonds is 2. The maximum absolute atomic E-state index is 10.8. The summed E-state index contributed by atoms with van der Waals surface area (Å²) in [5.74, 6) is -1.39. The van der Waals surface area contributed by atoms with Crippen molar-refractivity contribution in [2.45, 2.75) is 6.92 Å². The minimum absolute atomic E-state index is 0.107. The zero-order chi connectivity index (χ0) is 13.3. The lowest BCUT2D eigenvalue weighted by molar-refractivity contribution is 0.0694. The molecule has 0 heterocycles. The molecule has 0 saturated carbocycles. The number of carboxylic acids is 1. The Balaban J connectivity index is 2.48. The average Bonchev–Trinajstić information content (AvgIpc) is 2.32. The fourth-order valence-electron chi connectivity index (χ4n) is 1.72. The number of carbonyl (C=O) groups is 1. The number of aromatic carboxylic acids is 1. The van der Waals surface area contributed by atoms with Gasteiger partial charge in [0.15, 0.2) is 0 Å². The third kappa shape index (κ3) is 2.31. The summed E-state index contributed by atoms with van der Waals surface area (Å²) >= 11 is 5.94. The molecule has 2 N–H and O–H groups in total.